The third-order valence-electron chi connectivity index (χ3n) is 2.62. The Morgan fingerprint density at radius 2 is 2.00 bits per heavy atom. The number of hydrogen-bond acceptors (Lipinski definition) is 3. The van der Waals surface area contributed by atoms with Gasteiger partial charge in [-0.15, -0.1) is 11.3 Å². The summed E-state index contributed by atoms with van der Waals surface area (Å²) >= 11 is 1.69. The monoisotopic (exact) mass is 250 g/mol. The molecular formula is C13H15FN2S. The van der Waals surface area contributed by atoms with Crippen LogP contribution < -0.4 is 5.32 Å². The SMILES string of the molecule is Cc1nc(CNCc2ccccc2F)sc1C. The second-order valence-corrected chi connectivity index (χ2v) is 5.23. The summed E-state index contributed by atoms with van der Waals surface area (Å²) in [5.74, 6) is -0.161. The molecule has 0 aliphatic heterocycles. The van der Waals surface area contributed by atoms with Gasteiger partial charge in [-0.25, -0.2) is 9.37 Å². The average molecular weight is 250 g/mol. The molecule has 0 aliphatic rings. The first-order valence-corrected chi connectivity index (χ1v) is 6.35. The van der Waals surface area contributed by atoms with Gasteiger partial charge in [-0.2, -0.15) is 0 Å². The van der Waals surface area contributed by atoms with Crippen molar-refractivity contribution in [3.63, 3.8) is 0 Å². The molecule has 0 amide bonds. The molecule has 2 rings (SSSR count). The van der Waals surface area contributed by atoms with Crippen LogP contribution in [0.5, 0.6) is 0 Å². The molecule has 0 aliphatic carbocycles. The minimum Gasteiger partial charge on any atom is -0.306 e. The lowest BCUT2D eigenvalue weighted by Gasteiger charge is -2.03. The Morgan fingerprint density at radius 1 is 1.24 bits per heavy atom. The summed E-state index contributed by atoms with van der Waals surface area (Å²) in [6.07, 6.45) is 0. The van der Waals surface area contributed by atoms with Crippen molar-refractivity contribution in [1.29, 1.82) is 0 Å². The number of halogens is 1. The second-order valence-electron chi connectivity index (χ2n) is 3.94. The Labute approximate surface area is 105 Å². The van der Waals surface area contributed by atoms with Crippen LogP contribution in [-0.2, 0) is 13.1 Å². The quantitative estimate of drug-likeness (QED) is 0.901. The summed E-state index contributed by atoms with van der Waals surface area (Å²) < 4.78 is 13.3. The molecule has 0 saturated carbocycles. The zero-order chi connectivity index (χ0) is 12.3. The lowest BCUT2D eigenvalue weighted by Crippen LogP contribution is -2.13. The van der Waals surface area contributed by atoms with E-state index in [1.54, 1.807) is 23.5 Å². The number of hydrogen-bond donors (Lipinski definition) is 1. The van der Waals surface area contributed by atoms with E-state index in [2.05, 4.69) is 17.2 Å². The fourth-order valence-corrected chi connectivity index (χ4v) is 2.46. The molecule has 1 aromatic carbocycles. The van der Waals surface area contributed by atoms with Crippen molar-refractivity contribution in [2.24, 2.45) is 0 Å². The van der Waals surface area contributed by atoms with Crippen LogP contribution in [0.15, 0.2) is 24.3 Å². The molecule has 1 N–H and O–H groups in total. The third-order valence-corrected chi connectivity index (χ3v) is 3.70. The number of aromatic nitrogens is 1. The van der Waals surface area contributed by atoms with Crippen LogP contribution in [-0.4, -0.2) is 4.98 Å². The molecule has 0 radical (unpaired) electrons. The maximum atomic E-state index is 13.3. The Morgan fingerprint density at radius 3 is 2.65 bits per heavy atom. The summed E-state index contributed by atoms with van der Waals surface area (Å²) in [5.41, 5.74) is 1.77. The first kappa shape index (κ1) is 12.2. The number of aryl methyl sites for hydroxylation is 2. The van der Waals surface area contributed by atoms with Gasteiger partial charge in [-0.05, 0) is 19.9 Å². The van der Waals surface area contributed by atoms with Gasteiger partial charge in [0.2, 0.25) is 0 Å². The van der Waals surface area contributed by atoms with Crippen molar-refractivity contribution in [2.45, 2.75) is 26.9 Å². The molecule has 1 heterocycles. The van der Waals surface area contributed by atoms with Crippen LogP contribution in [0.3, 0.4) is 0 Å². The highest BCUT2D eigenvalue weighted by atomic mass is 32.1. The molecule has 1 aromatic heterocycles. The highest BCUT2D eigenvalue weighted by Gasteiger charge is 2.04. The Hall–Kier alpha value is -1.26. The van der Waals surface area contributed by atoms with Crippen molar-refractivity contribution in [3.8, 4) is 0 Å². The first-order chi connectivity index (χ1) is 8.16. The molecule has 0 spiro atoms. The number of nitrogens with zero attached hydrogens (tertiary/aromatic N) is 1. The van der Waals surface area contributed by atoms with Crippen molar-refractivity contribution >= 4 is 11.3 Å². The molecule has 0 saturated heterocycles. The van der Waals surface area contributed by atoms with Crippen LogP contribution >= 0.6 is 11.3 Å². The molecule has 2 nitrogen and oxygen atoms in total. The number of rotatable bonds is 4. The van der Waals surface area contributed by atoms with Gasteiger partial charge in [-0.1, -0.05) is 18.2 Å². The molecular weight excluding hydrogens is 235 g/mol. The molecule has 17 heavy (non-hydrogen) atoms. The fraction of sp³-hybridized carbons (Fsp3) is 0.308. The Kier molecular flexibility index (Phi) is 3.86. The van der Waals surface area contributed by atoms with E-state index in [4.69, 9.17) is 0 Å². The summed E-state index contributed by atoms with van der Waals surface area (Å²) in [6.45, 7) is 5.29. The highest BCUT2D eigenvalue weighted by molar-refractivity contribution is 7.11. The Balaban J connectivity index is 1.90. The van der Waals surface area contributed by atoms with Gasteiger partial charge < -0.3 is 5.32 Å². The summed E-state index contributed by atoms with van der Waals surface area (Å²) in [5, 5.41) is 4.26. The number of thiazole rings is 1. The topological polar surface area (TPSA) is 24.9 Å². The maximum Gasteiger partial charge on any atom is 0.127 e. The fourth-order valence-electron chi connectivity index (χ4n) is 1.56. The molecule has 2 aromatic rings. The van der Waals surface area contributed by atoms with Gasteiger partial charge in [0.05, 0.1) is 5.69 Å². The average Bonchev–Trinajstić information content (AvgIpc) is 2.61. The zero-order valence-corrected chi connectivity index (χ0v) is 10.8. The first-order valence-electron chi connectivity index (χ1n) is 5.54. The van der Waals surface area contributed by atoms with Crippen LogP contribution in [0.4, 0.5) is 4.39 Å². The van der Waals surface area contributed by atoms with E-state index >= 15 is 0 Å². The van der Waals surface area contributed by atoms with E-state index in [-0.39, 0.29) is 5.82 Å². The molecule has 0 atom stereocenters. The van der Waals surface area contributed by atoms with Gasteiger partial charge in [-0.3, -0.25) is 0 Å². The Bertz CT molecular complexity index is 488. The maximum absolute atomic E-state index is 13.3. The summed E-state index contributed by atoms with van der Waals surface area (Å²) in [7, 11) is 0. The standard InChI is InChI=1S/C13H15FN2S/c1-9-10(2)17-13(16-9)8-15-7-11-5-3-4-6-12(11)14/h3-6,15H,7-8H2,1-2H3. The summed E-state index contributed by atoms with van der Waals surface area (Å²) in [6, 6.07) is 6.82. The van der Waals surface area contributed by atoms with E-state index in [0.29, 0.717) is 18.7 Å². The van der Waals surface area contributed by atoms with Crippen molar-refractivity contribution in [2.75, 3.05) is 0 Å². The molecule has 90 valence electrons. The van der Waals surface area contributed by atoms with Crippen LogP contribution in [0.25, 0.3) is 0 Å². The van der Waals surface area contributed by atoms with Crippen LogP contribution in [0, 0.1) is 19.7 Å². The predicted octanol–water partition coefficient (Wildman–Crippen LogP) is 3.19. The van der Waals surface area contributed by atoms with Crippen molar-refractivity contribution in [3.05, 3.63) is 51.2 Å². The van der Waals surface area contributed by atoms with Crippen molar-refractivity contribution < 1.29 is 4.39 Å². The van der Waals surface area contributed by atoms with Crippen LogP contribution in [0.1, 0.15) is 21.1 Å². The van der Waals surface area contributed by atoms with Gasteiger partial charge in [0.1, 0.15) is 10.8 Å². The van der Waals surface area contributed by atoms with Crippen molar-refractivity contribution in [1.82, 2.24) is 10.3 Å². The van der Waals surface area contributed by atoms with E-state index < -0.39 is 0 Å². The third kappa shape index (κ3) is 3.11. The van der Waals surface area contributed by atoms with Gasteiger partial charge >= 0.3 is 0 Å². The number of nitrogens with one attached hydrogen (secondary N) is 1. The van der Waals surface area contributed by atoms with Crippen LogP contribution in [0.2, 0.25) is 0 Å². The molecule has 0 bridgehead atoms. The van der Waals surface area contributed by atoms with E-state index in [0.717, 1.165) is 10.7 Å². The summed E-state index contributed by atoms with van der Waals surface area (Å²) in [4.78, 5) is 5.67. The number of benzene rings is 1. The second kappa shape index (κ2) is 5.38. The highest BCUT2D eigenvalue weighted by Crippen LogP contribution is 2.16. The predicted molar refractivity (Wildman–Crippen MR) is 68.5 cm³/mol. The largest absolute Gasteiger partial charge is 0.306 e. The van der Waals surface area contributed by atoms with E-state index in [9.17, 15) is 4.39 Å². The van der Waals surface area contributed by atoms with Gasteiger partial charge in [0, 0.05) is 23.5 Å². The van der Waals surface area contributed by atoms with E-state index in [1.807, 2.05) is 13.0 Å². The van der Waals surface area contributed by atoms with Gasteiger partial charge in [0.25, 0.3) is 0 Å². The minimum absolute atomic E-state index is 0.161. The molecule has 0 unspecified atom stereocenters. The normalized spacial score (nSPS) is 10.8. The lowest BCUT2D eigenvalue weighted by molar-refractivity contribution is 0.587. The zero-order valence-electron chi connectivity index (χ0n) is 9.96. The lowest BCUT2D eigenvalue weighted by atomic mass is 10.2. The molecule has 0 fully saturated rings. The molecule has 4 heteroatoms. The smallest absolute Gasteiger partial charge is 0.127 e. The van der Waals surface area contributed by atoms with E-state index in [1.165, 1.54) is 10.9 Å². The minimum atomic E-state index is -0.161. The van der Waals surface area contributed by atoms with Gasteiger partial charge in [0.15, 0.2) is 0 Å².